The molecule has 2 rings (SSSR count). The smallest absolute Gasteiger partial charge is 0.332 e. The summed E-state index contributed by atoms with van der Waals surface area (Å²) in [6.45, 7) is 1.85. The molecule has 0 aliphatic carbocycles. The van der Waals surface area contributed by atoms with Gasteiger partial charge in [0.05, 0.1) is 6.61 Å². The molecule has 1 aliphatic rings. The van der Waals surface area contributed by atoms with E-state index in [2.05, 4.69) is 0 Å². The lowest BCUT2D eigenvalue weighted by Crippen LogP contribution is -2.56. The van der Waals surface area contributed by atoms with E-state index in [1.54, 1.807) is 6.92 Å². The molecule has 1 aliphatic heterocycles. The largest absolute Gasteiger partial charge is 0.479 e. The number of likely N-dealkylation sites (tertiary alicyclic amines) is 1. The predicted octanol–water partition coefficient (Wildman–Crippen LogP) is 1.84. The van der Waals surface area contributed by atoms with Gasteiger partial charge < -0.3 is 14.7 Å². The monoisotopic (exact) mass is 295 g/mol. The van der Waals surface area contributed by atoms with Gasteiger partial charge >= 0.3 is 5.97 Å². The summed E-state index contributed by atoms with van der Waals surface area (Å²) in [4.78, 5) is 25.5. The Labute approximate surface area is 122 Å². The molecule has 1 heterocycles. The summed E-state index contributed by atoms with van der Waals surface area (Å²) in [5.41, 5.74) is -0.774. The lowest BCUT2D eigenvalue weighted by atomic mass is 9.96. The molecule has 1 atom stereocenters. The standard InChI is InChI=1S/C15H18FNO4/c1-10-4-5-11(8-12(10)16)13(18)17-7-3-6-15(17,9-21-2)14(19)20/h4-5,8H,3,6-7,9H2,1-2H3,(H,19,20). The van der Waals surface area contributed by atoms with Crippen LogP contribution in [0.4, 0.5) is 4.39 Å². The molecule has 6 heteroatoms. The van der Waals surface area contributed by atoms with Gasteiger partial charge in [-0.05, 0) is 37.5 Å². The summed E-state index contributed by atoms with van der Waals surface area (Å²) in [5, 5.41) is 9.51. The molecule has 1 aromatic carbocycles. The van der Waals surface area contributed by atoms with Crippen LogP contribution in [0, 0.1) is 12.7 Å². The number of carboxylic acid groups (broad SMARTS) is 1. The van der Waals surface area contributed by atoms with Gasteiger partial charge in [-0.15, -0.1) is 0 Å². The van der Waals surface area contributed by atoms with Gasteiger partial charge in [0.25, 0.3) is 5.91 Å². The van der Waals surface area contributed by atoms with E-state index in [4.69, 9.17) is 4.74 Å². The molecule has 1 unspecified atom stereocenters. The number of rotatable bonds is 4. The van der Waals surface area contributed by atoms with Crippen LogP contribution in [0.25, 0.3) is 0 Å². The molecular weight excluding hydrogens is 277 g/mol. The molecule has 1 amide bonds. The summed E-state index contributed by atoms with van der Waals surface area (Å²) >= 11 is 0. The van der Waals surface area contributed by atoms with E-state index in [-0.39, 0.29) is 12.2 Å². The average molecular weight is 295 g/mol. The fraction of sp³-hybridized carbons (Fsp3) is 0.467. The molecule has 0 radical (unpaired) electrons. The first-order chi connectivity index (χ1) is 9.92. The van der Waals surface area contributed by atoms with Crippen LogP contribution >= 0.6 is 0 Å². The Hall–Kier alpha value is -1.95. The first kappa shape index (κ1) is 15.4. The minimum absolute atomic E-state index is 0.0809. The fourth-order valence-corrected chi connectivity index (χ4v) is 2.73. The van der Waals surface area contributed by atoms with E-state index in [0.717, 1.165) is 6.07 Å². The van der Waals surface area contributed by atoms with Crippen molar-refractivity contribution in [3.05, 3.63) is 35.1 Å². The highest BCUT2D eigenvalue weighted by Gasteiger charge is 2.50. The molecule has 5 nitrogen and oxygen atoms in total. The van der Waals surface area contributed by atoms with Crippen LogP contribution in [-0.2, 0) is 9.53 Å². The van der Waals surface area contributed by atoms with Gasteiger partial charge in [-0.2, -0.15) is 0 Å². The number of carbonyl (C=O) groups is 2. The number of methoxy groups -OCH3 is 1. The van der Waals surface area contributed by atoms with Crippen molar-refractivity contribution < 1.29 is 23.8 Å². The van der Waals surface area contributed by atoms with Crippen molar-refractivity contribution in [2.45, 2.75) is 25.3 Å². The second-order valence-corrected chi connectivity index (χ2v) is 5.29. The lowest BCUT2D eigenvalue weighted by Gasteiger charge is -2.34. The van der Waals surface area contributed by atoms with Gasteiger partial charge in [0.2, 0.25) is 0 Å². The molecule has 1 N–H and O–H groups in total. The second-order valence-electron chi connectivity index (χ2n) is 5.29. The summed E-state index contributed by atoms with van der Waals surface area (Å²) in [7, 11) is 1.40. The zero-order valence-corrected chi connectivity index (χ0v) is 12.1. The first-order valence-electron chi connectivity index (χ1n) is 6.73. The van der Waals surface area contributed by atoms with E-state index < -0.39 is 23.2 Å². The van der Waals surface area contributed by atoms with E-state index in [1.807, 2.05) is 0 Å². The molecule has 1 aromatic rings. The number of benzene rings is 1. The molecule has 0 saturated carbocycles. The third kappa shape index (κ3) is 2.63. The quantitative estimate of drug-likeness (QED) is 0.920. The van der Waals surface area contributed by atoms with Gasteiger partial charge in [-0.25, -0.2) is 9.18 Å². The Morgan fingerprint density at radius 1 is 1.48 bits per heavy atom. The Kier molecular flexibility index (Phi) is 4.27. The third-order valence-corrected chi connectivity index (χ3v) is 3.93. The number of carbonyl (C=O) groups excluding carboxylic acids is 1. The maximum atomic E-state index is 13.6. The second kappa shape index (κ2) is 5.81. The number of aryl methyl sites for hydroxylation is 1. The summed E-state index contributed by atoms with van der Waals surface area (Å²) in [6, 6.07) is 4.17. The molecule has 0 bridgehead atoms. The number of amides is 1. The summed E-state index contributed by atoms with van der Waals surface area (Å²) in [6.07, 6.45) is 0.909. The maximum Gasteiger partial charge on any atom is 0.332 e. The van der Waals surface area contributed by atoms with Crippen LogP contribution in [0.1, 0.15) is 28.8 Å². The van der Waals surface area contributed by atoms with Crippen LogP contribution in [-0.4, -0.2) is 47.7 Å². The van der Waals surface area contributed by atoms with Crippen molar-refractivity contribution in [2.24, 2.45) is 0 Å². The van der Waals surface area contributed by atoms with Gasteiger partial charge in [-0.3, -0.25) is 4.79 Å². The molecule has 21 heavy (non-hydrogen) atoms. The van der Waals surface area contributed by atoms with Crippen molar-refractivity contribution in [3.8, 4) is 0 Å². The number of carboxylic acids is 1. The van der Waals surface area contributed by atoms with Crippen LogP contribution in [0.15, 0.2) is 18.2 Å². The topological polar surface area (TPSA) is 66.8 Å². The van der Waals surface area contributed by atoms with Crippen LogP contribution < -0.4 is 0 Å². The van der Waals surface area contributed by atoms with Crippen LogP contribution in [0.3, 0.4) is 0 Å². The van der Waals surface area contributed by atoms with E-state index in [9.17, 15) is 19.1 Å². The van der Waals surface area contributed by atoms with Crippen molar-refractivity contribution in [1.29, 1.82) is 0 Å². The molecule has 1 fully saturated rings. The zero-order valence-electron chi connectivity index (χ0n) is 12.1. The van der Waals surface area contributed by atoms with E-state index in [1.165, 1.54) is 24.1 Å². The average Bonchev–Trinajstić information content (AvgIpc) is 2.86. The number of aliphatic carboxylic acids is 1. The van der Waals surface area contributed by atoms with Crippen molar-refractivity contribution >= 4 is 11.9 Å². The van der Waals surface area contributed by atoms with Gasteiger partial charge in [0, 0.05) is 19.2 Å². The van der Waals surface area contributed by atoms with Crippen molar-refractivity contribution in [2.75, 3.05) is 20.3 Å². The number of nitrogens with zero attached hydrogens (tertiary/aromatic N) is 1. The Morgan fingerprint density at radius 2 is 2.19 bits per heavy atom. The van der Waals surface area contributed by atoms with E-state index in [0.29, 0.717) is 24.9 Å². The van der Waals surface area contributed by atoms with Crippen molar-refractivity contribution in [3.63, 3.8) is 0 Å². The highest BCUT2D eigenvalue weighted by Crippen LogP contribution is 2.32. The molecule has 114 valence electrons. The summed E-state index contributed by atoms with van der Waals surface area (Å²) in [5.74, 6) is -2.05. The Balaban J connectivity index is 2.36. The molecular formula is C15H18FNO4. The van der Waals surface area contributed by atoms with Crippen LogP contribution in [0.5, 0.6) is 0 Å². The van der Waals surface area contributed by atoms with E-state index >= 15 is 0 Å². The number of hydrogen-bond donors (Lipinski definition) is 1. The summed E-state index contributed by atoms with van der Waals surface area (Å²) < 4.78 is 18.6. The number of halogens is 1. The van der Waals surface area contributed by atoms with Gasteiger partial charge in [-0.1, -0.05) is 6.07 Å². The normalized spacial score (nSPS) is 21.6. The van der Waals surface area contributed by atoms with Gasteiger partial charge in [0.15, 0.2) is 5.54 Å². The van der Waals surface area contributed by atoms with Crippen molar-refractivity contribution in [1.82, 2.24) is 4.90 Å². The molecule has 0 aromatic heterocycles. The Morgan fingerprint density at radius 3 is 2.76 bits per heavy atom. The minimum Gasteiger partial charge on any atom is -0.479 e. The maximum absolute atomic E-state index is 13.6. The molecule has 0 spiro atoms. The predicted molar refractivity (Wildman–Crippen MR) is 73.7 cm³/mol. The molecule has 1 saturated heterocycles. The number of hydrogen-bond acceptors (Lipinski definition) is 3. The zero-order chi connectivity index (χ0) is 15.6. The lowest BCUT2D eigenvalue weighted by molar-refractivity contribution is -0.151. The van der Waals surface area contributed by atoms with Crippen LogP contribution in [0.2, 0.25) is 0 Å². The highest BCUT2D eigenvalue weighted by atomic mass is 19.1. The Bertz CT molecular complexity index is 575. The minimum atomic E-state index is -1.37. The highest BCUT2D eigenvalue weighted by molar-refractivity contribution is 5.98. The fourth-order valence-electron chi connectivity index (χ4n) is 2.73. The third-order valence-electron chi connectivity index (χ3n) is 3.93. The van der Waals surface area contributed by atoms with Gasteiger partial charge in [0.1, 0.15) is 5.82 Å². The SMILES string of the molecule is COCC1(C(=O)O)CCCN1C(=O)c1ccc(C)c(F)c1. The first-order valence-corrected chi connectivity index (χ1v) is 6.73. The number of ether oxygens (including phenoxy) is 1.